The molecule has 3 heterocycles. The minimum absolute atomic E-state index is 0.0937. The van der Waals surface area contributed by atoms with Crippen LogP contribution in [0.2, 0.25) is 0 Å². The molecule has 1 N–H and O–H groups in total. The van der Waals surface area contributed by atoms with E-state index in [-0.39, 0.29) is 5.69 Å². The standard InChI is InChI=1S/C16H22N4O/c1-19-15-12(17-16(19)21)8-9-14(18-15)20-10-4-6-11-5-2-3-7-13(11)20/h8-9,11,13H,2-7,10H2,1H3,(H,17,21). The zero-order chi connectivity index (χ0) is 14.4. The summed E-state index contributed by atoms with van der Waals surface area (Å²) in [6.07, 6.45) is 8.00. The van der Waals surface area contributed by atoms with Crippen molar-refractivity contribution in [2.75, 3.05) is 11.4 Å². The van der Waals surface area contributed by atoms with Crippen LogP contribution >= 0.6 is 0 Å². The van der Waals surface area contributed by atoms with Crippen LogP contribution in [0.3, 0.4) is 0 Å². The van der Waals surface area contributed by atoms with Crippen molar-refractivity contribution in [1.82, 2.24) is 14.5 Å². The Bertz CT molecular complexity index is 715. The molecular weight excluding hydrogens is 264 g/mol. The molecule has 1 saturated heterocycles. The molecule has 1 aliphatic carbocycles. The van der Waals surface area contributed by atoms with Crippen LogP contribution in [0.15, 0.2) is 16.9 Å². The van der Waals surface area contributed by atoms with E-state index in [2.05, 4.69) is 16.0 Å². The van der Waals surface area contributed by atoms with Crippen LogP contribution in [0.25, 0.3) is 11.2 Å². The van der Waals surface area contributed by atoms with Crippen molar-refractivity contribution in [3.05, 3.63) is 22.6 Å². The molecule has 2 aromatic heterocycles. The second-order valence-corrected chi connectivity index (χ2v) is 6.48. The van der Waals surface area contributed by atoms with Gasteiger partial charge in [0.25, 0.3) is 0 Å². The van der Waals surface area contributed by atoms with E-state index in [0.29, 0.717) is 6.04 Å². The van der Waals surface area contributed by atoms with E-state index in [1.165, 1.54) is 38.5 Å². The first-order chi connectivity index (χ1) is 10.2. The van der Waals surface area contributed by atoms with Crippen LogP contribution in [0.4, 0.5) is 5.82 Å². The van der Waals surface area contributed by atoms with Crippen LogP contribution in [0, 0.1) is 5.92 Å². The average molecular weight is 286 g/mol. The lowest BCUT2D eigenvalue weighted by molar-refractivity contribution is 0.243. The second kappa shape index (κ2) is 4.90. The Labute approximate surface area is 124 Å². The summed E-state index contributed by atoms with van der Waals surface area (Å²) in [5, 5.41) is 0. The Morgan fingerprint density at radius 3 is 2.90 bits per heavy atom. The number of imidazole rings is 1. The number of H-pyrrole nitrogens is 1. The summed E-state index contributed by atoms with van der Waals surface area (Å²) in [4.78, 5) is 21.8. The zero-order valence-corrected chi connectivity index (χ0v) is 12.5. The minimum Gasteiger partial charge on any atom is -0.353 e. The number of nitrogens with one attached hydrogen (secondary N) is 1. The van der Waals surface area contributed by atoms with Gasteiger partial charge in [-0.1, -0.05) is 12.8 Å². The molecule has 0 bridgehead atoms. The van der Waals surface area contributed by atoms with E-state index in [1.54, 1.807) is 11.6 Å². The van der Waals surface area contributed by atoms with E-state index in [1.807, 2.05) is 6.07 Å². The lowest BCUT2D eigenvalue weighted by Gasteiger charge is -2.44. The number of pyridine rings is 1. The highest BCUT2D eigenvalue weighted by molar-refractivity contribution is 5.73. The van der Waals surface area contributed by atoms with Crippen LogP contribution in [-0.4, -0.2) is 27.1 Å². The van der Waals surface area contributed by atoms with Crippen molar-refractivity contribution in [3.63, 3.8) is 0 Å². The summed E-state index contributed by atoms with van der Waals surface area (Å²) in [7, 11) is 1.78. The van der Waals surface area contributed by atoms with Gasteiger partial charge >= 0.3 is 5.69 Å². The highest BCUT2D eigenvalue weighted by Gasteiger charge is 2.33. The molecule has 0 amide bonds. The van der Waals surface area contributed by atoms with E-state index in [0.717, 1.165) is 29.4 Å². The van der Waals surface area contributed by atoms with Crippen molar-refractivity contribution in [3.8, 4) is 0 Å². The van der Waals surface area contributed by atoms with Gasteiger partial charge < -0.3 is 9.88 Å². The molecule has 2 aliphatic rings. The van der Waals surface area contributed by atoms with Gasteiger partial charge in [-0.3, -0.25) is 4.57 Å². The van der Waals surface area contributed by atoms with Gasteiger partial charge in [-0.2, -0.15) is 0 Å². The fourth-order valence-corrected chi connectivity index (χ4v) is 4.16. The summed E-state index contributed by atoms with van der Waals surface area (Å²) in [6.45, 7) is 1.10. The molecule has 0 spiro atoms. The lowest BCUT2D eigenvalue weighted by atomic mass is 9.78. The molecule has 1 saturated carbocycles. The first-order valence-electron chi connectivity index (χ1n) is 8.06. The summed E-state index contributed by atoms with van der Waals surface area (Å²) in [5.41, 5.74) is 1.49. The molecule has 2 fully saturated rings. The van der Waals surface area contributed by atoms with Crippen molar-refractivity contribution < 1.29 is 0 Å². The third-order valence-electron chi connectivity index (χ3n) is 5.26. The molecule has 5 heteroatoms. The topological polar surface area (TPSA) is 53.9 Å². The molecule has 2 atom stereocenters. The fraction of sp³-hybridized carbons (Fsp3) is 0.625. The number of fused-ring (bicyclic) bond motifs is 2. The quantitative estimate of drug-likeness (QED) is 0.876. The number of aryl methyl sites for hydroxylation is 1. The molecule has 2 aromatic rings. The van der Waals surface area contributed by atoms with Crippen molar-refractivity contribution in [1.29, 1.82) is 0 Å². The third-order valence-corrected chi connectivity index (χ3v) is 5.26. The van der Waals surface area contributed by atoms with Crippen molar-refractivity contribution in [2.24, 2.45) is 13.0 Å². The predicted molar refractivity (Wildman–Crippen MR) is 83.7 cm³/mol. The highest BCUT2D eigenvalue weighted by atomic mass is 16.1. The predicted octanol–water partition coefficient (Wildman–Crippen LogP) is 2.42. The largest absolute Gasteiger partial charge is 0.353 e. The Hall–Kier alpha value is -1.78. The maximum atomic E-state index is 11.7. The normalized spacial score (nSPS) is 26.0. The first kappa shape index (κ1) is 12.9. The minimum atomic E-state index is -0.0937. The van der Waals surface area contributed by atoms with E-state index in [4.69, 9.17) is 4.98 Å². The van der Waals surface area contributed by atoms with E-state index >= 15 is 0 Å². The molecular formula is C16H22N4O. The number of piperidine rings is 1. The van der Waals surface area contributed by atoms with Crippen LogP contribution in [-0.2, 0) is 7.05 Å². The van der Waals surface area contributed by atoms with Gasteiger partial charge in [0.15, 0.2) is 5.65 Å². The molecule has 2 unspecified atom stereocenters. The highest BCUT2D eigenvalue weighted by Crippen LogP contribution is 2.37. The van der Waals surface area contributed by atoms with E-state index < -0.39 is 0 Å². The summed E-state index contributed by atoms with van der Waals surface area (Å²) in [6, 6.07) is 4.70. The Balaban J connectivity index is 1.74. The molecule has 5 nitrogen and oxygen atoms in total. The molecule has 112 valence electrons. The fourth-order valence-electron chi connectivity index (χ4n) is 4.16. The van der Waals surface area contributed by atoms with Gasteiger partial charge in [-0.05, 0) is 43.7 Å². The maximum absolute atomic E-state index is 11.7. The third kappa shape index (κ3) is 2.06. The van der Waals surface area contributed by atoms with Gasteiger partial charge in [0.2, 0.25) is 0 Å². The smallest absolute Gasteiger partial charge is 0.327 e. The molecule has 21 heavy (non-hydrogen) atoms. The van der Waals surface area contributed by atoms with Gasteiger partial charge in [0, 0.05) is 19.6 Å². The Morgan fingerprint density at radius 1 is 1.19 bits per heavy atom. The Kier molecular flexibility index (Phi) is 3.01. The van der Waals surface area contributed by atoms with Crippen LogP contribution in [0.5, 0.6) is 0 Å². The maximum Gasteiger partial charge on any atom is 0.327 e. The number of hydrogen-bond acceptors (Lipinski definition) is 3. The molecule has 0 radical (unpaired) electrons. The SMILES string of the molecule is Cn1c(=O)[nH]c2ccc(N3CCCC4CCCCC43)nc21. The zero-order valence-electron chi connectivity index (χ0n) is 12.5. The average Bonchev–Trinajstić information content (AvgIpc) is 2.81. The first-order valence-corrected chi connectivity index (χ1v) is 8.06. The van der Waals surface area contributed by atoms with Gasteiger partial charge in [-0.15, -0.1) is 0 Å². The van der Waals surface area contributed by atoms with Crippen molar-refractivity contribution >= 4 is 17.0 Å². The van der Waals surface area contributed by atoms with Gasteiger partial charge in [0.05, 0.1) is 5.52 Å². The summed E-state index contributed by atoms with van der Waals surface area (Å²) < 4.78 is 1.60. The molecule has 4 rings (SSSR count). The number of aromatic nitrogens is 3. The number of nitrogens with zero attached hydrogens (tertiary/aromatic N) is 3. The van der Waals surface area contributed by atoms with E-state index in [9.17, 15) is 4.79 Å². The number of rotatable bonds is 1. The Morgan fingerprint density at radius 2 is 2.00 bits per heavy atom. The number of hydrogen-bond donors (Lipinski definition) is 1. The van der Waals surface area contributed by atoms with Crippen LogP contribution < -0.4 is 10.6 Å². The number of aromatic amines is 1. The second-order valence-electron chi connectivity index (χ2n) is 6.48. The molecule has 0 aromatic carbocycles. The van der Waals surface area contributed by atoms with Gasteiger partial charge in [0.1, 0.15) is 5.82 Å². The molecule has 1 aliphatic heterocycles. The monoisotopic (exact) mass is 286 g/mol. The lowest BCUT2D eigenvalue weighted by Crippen LogP contribution is -2.47. The summed E-state index contributed by atoms with van der Waals surface area (Å²) in [5.74, 6) is 1.87. The number of anilines is 1. The van der Waals surface area contributed by atoms with Gasteiger partial charge in [-0.25, -0.2) is 9.78 Å². The summed E-state index contributed by atoms with van der Waals surface area (Å²) >= 11 is 0. The van der Waals surface area contributed by atoms with Crippen molar-refractivity contribution in [2.45, 2.75) is 44.6 Å². The van der Waals surface area contributed by atoms with Crippen LogP contribution in [0.1, 0.15) is 38.5 Å².